The molecule has 4 rings (SSSR count). The van der Waals surface area contributed by atoms with E-state index in [0.29, 0.717) is 26.1 Å². The van der Waals surface area contributed by atoms with Crippen molar-refractivity contribution in [1.82, 2.24) is 15.1 Å². The summed E-state index contributed by atoms with van der Waals surface area (Å²) in [5.41, 5.74) is 3.02. The molecule has 2 aromatic carbocycles. The molecular weight excluding hydrogens is 404 g/mol. The molecule has 0 aliphatic carbocycles. The fourth-order valence-corrected chi connectivity index (χ4v) is 4.27. The van der Waals surface area contributed by atoms with E-state index < -0.39 is 0 Å². The first kappa shape index (κ1) is 22.3. The van der Waals surface area contributed by atoms with Crippen molar-refractivity contribution in [2.24, 2.45) is 0 Å². The van der Waals surface area contributed by atoms with Gasteiger partial charge in [-0.2, -0.15) is 0 Å². The Morgan fingerprint density at radius 1 is 1.00 bits per heavy atom. The van der Waals surface area contributed by atoms with Crippen LogP contribution in [0.4, 0.5) is 10.5 Å². The lowest BCUT2D eigenvalue weighted by Crippen LogP contribution is -2.47. The number of benzene rings is 2. The summed E-state index contributed by atoms with van der Waals surface area (Å²) in [4.78, 5) is 28.7. The number of rotatable bonds is 7. The lowest BCUT2D eigenvalue weighted by molar-refractivity contribution is -0.133. The fourth-order valence-electron chi connectivity index (χ4n) is 4.27. The Balaban J connectivity index is 1.23. The lowest BCUT2D eigenvalue weighted by atomic mass is 10.1. The molecule has 2 aliphatic rings. The quantitative estimate of drug-likeness (QED) is 0.699. The Labute approximate surface area is 189 Å². The molecule has 7 heteroatoms. The number of nitrogens with zero attached hydrogens (tertiary/aromatic N) is 2. The molecule has 2 aliphatic heterocycles. The standard InChI is InChI=1S/C25H32N4O3/c30-24-11-4-5-12-29(24)18-21-9-6-10-22(15-21)27-25(31)26-16-23-19-28(13-14-32-23)17-20-7-2-1-3-8-20/h1-3,6-10,15,23H,4-5,11-14,16-19H2,(H2,26,27,31). The molecule has 0 bridgehead atoms. The average Bonchev–Trinajstić information content (AvgIpc) is 2.80. The summed E-state index contributed by atoms with van der Waals surface area (Å²) >= 11 is 0. The zero-order chi connectivity index (χ0) is 22.2. The zero-order valence-corrected chi connectivity index (χ0v) is 18.5. The summed E-state index contributed by atoms with van der Waals surface area (Å²) in [6.07, 6.45) is 2.63. The number of hydrogen-bond donors (Lipinski definition) is 2. The molecule has 1 unspecified atom stereocenters. The van der Waals surface area contributed by atoms with Gasteiger partial charge in [-0.05, 0) is 36.1 Å². The molecule has 170 valence electrons. The van der Waals surface area contributed by atoms with Gasteiger partial charge in [-0.1, -0.05) is 42.5 Å². The van der Waals surface area contributed by atoms with Crippen molar-refractivity contribution >= 4 is 17.6 Å². The van der Waals surface area contributed by atoms with Crippen LogP contribution in [0.25, 0.3) is 0 Å². The van der Waals surface area contributed by atoms with Crippen LogP contribution in [-0.4, -0.2) is 60.6 Å². The van der Waals surface area contributed by atoms with Crippen molar-refractivity contribution in [2.45, 2.75) is 38.5 Å². The fraction of sp³-hybridized carbons (Fsp3) is 0.440. The molecule has 0 saturated carbocycles. The lowest BCUT2D eigenvalue weighted by Gasteiger charge is -2.33. The van der Waals surface area contributed by atoms with Gasteiger partial charge < -0.3 is 20.3 Å². The highest BCUT2D eigenvalue weighted by Gasteiger charge is 2.21. The van der Waals surface area contributed by atoms with Gasteiger partial charge in [0.2, 0.25) is 5.91 Å². The zero-order valence-electron chi connectivity index (χ0n) is 18.5. The van der Waals surface area contributed by atoms with Gasteiger partial charge in [0.1, 0.15) is 0 Å². The number of piperidine rings is 1. The van der Waals surface area contributed by atoms with Crippen LogP contribution in [0.3, 0.4) is 0 Å². The van der Waals surface area contributed by atoms with Gasteiger partial charge in [0, 0.05) is 51.4 Å². The maximum absolute atomic E-state index is 12.4. The van der Waals surface area contributed by atoms with E-state index in [4.69, 9.17) is 4.74 Å². The van der Waals surface area contributed by atoms with Crippen molar-refractivity contribution in [1.29, 1.82) is 0 Å². The molecule has 7 nitrogen and oxygen atoms in total. The first-order chi connectivity index (χ1) is 15.7. The van der Waals surface area contributed by atoms with Gasteiger partial charge in [0.25, 0.3) is 0 Å². The van der Waals surface area contributed by atoms with Crippen molar-refractivity contribution in [2.75, 3.05) is 38.1 Å². The third kappa shape index (κ3) is 6.55. The summed E-state index contributed by atoms with van der Waals surface area (Å²) in [7, 11) is 0. The SMILES string of the molecule is O=C(NCC1CN(Cc2ccccc2)CCO1)Nc1cccc(CN2CCCCC2=O)c1. The Bertz CT molecular complexity index is 905. The highest BCUT2D eigenvalue weighted by molar-refractivity contribution is 5.89. The number of anilines is 1. The van der Waals surface area contributed by atoms with Crippen molar-refractivity contribution in [3.63, 3.8) is 0 Å². The van der Waals surface area contributed by atoms with Gasteiger partial charge in [-0.15, -0.1) is 0 Å². The van der Waals surface area contributed by atoms with Crippen LogP contribution in [0.2, 0.25) is 0 Å². The molecule has 0 radical (unpaired) electrons. The summed E-state index contributed by atoms with van der Waals surface area (Å²) in [5, 5.41) is 5.83. The van der Waals surface area contributed by atoms with E-state index in [9.17, 15) is 9.59 Å². The monoisotopic (exact) mass is 436 g/mol. The number of carbonyl (C=O) groups excluding carboxylic acids is 2. The van der Waals surface area contributed by atoms with Gasteiger partial charge in [-0.3, -0.25) is 9.69 Å². The number of hydrogen-bond acceptors (Lipinski definition) is 4. The minimum Gasteiger partial charge on any atom is -0.374 e. The van der Waals surface area contributed by atoms with Crippen molar-refractivity contribution in [3.05, 3.63) is 65.7 Å². The van der Waals surface area contributed by atoms with Gasteiger partial charge >= 0.3 is 6.03 Å². The molecule has 3 amide bonds. The van der Waals surface area contributed by atoms with Crippen molar-refractivity contribution < 1.29 is 14.3 Å². The highest BCUT2D eigenvalue weighted by Crippen LogP contribution is 2.17. The van der Waals surface area contributed by atoms with Crippen LogP contribution in [0, 0.1) is 0 Å². The molecule has 2 N–H and O–H groups in total. The van der Waals surface area contributed by atoms with Crippen LogP contribution in [-0.2, 0) is 22.6 Å². The normalized spacial score (nSPS) is 19.6. The predicted molar refractivity (Wildman–Crippen MR) is 124 cm³/mol. The number of urea groups is 1. The third-order valence-electron chi connectivity index (χ3n) is 5.94. The number of ether oxygens (including phenoxy) is 1. The van der Waals surface area contributed by atoms with Crippen LogP contribution in [0.1, 0.15) is 30.4 Å². The topological polar surface area (TPSA) is 73.9 Å². The maximum Gasteiger partial charge on any atom is 0.319 e. The minimum atomic E-state index is -0.250. The van der Waals surface area contributed by atoms with E-state index in [1.807, 2.05) is 35.2 Å². The van der Waals surface area contributed by atoms with E-state index in [2.05, 4.69) is 39.8 Å². The van der Waals surface area contributed by atoms with Gasteiger partial charge in [0.15, 0.2) is 0 Å². The maximum atomic E-state index is 12.4. The molecular formula is C25H32N4O3. The number of amides is 3. The number of likely N-dealkylation sites (tertiary alicyclic amines) is 1. The second kappa shape index (κ2) is 11.1. The highest BCUT2D eigenvalue weighted by atomic mass is 16.5. The molecule has 1 atom stereocenters. The van der Waals surface area contributed by atoms with E-state index in [1.54, 1.807) is 0 Å². The first-order valence-electron chi connectivity index (χ1n) is 11.5. The van der Waals surface area contributed by atoms with E-state index in [0.717, 1.165) is 50.3 Å². The van der Waals surface area contributed by atoms with Crippen molar-refractivity contribution in [3.8, 4) is 0 Å². The van der Waals surface area contributed by atoms with Crippen LogP contribution in [0.5, 0.6) is 0 Å². The molecule has 0 aromatic heterocycles. The summed E-state index contributed by atoms with van der Waals surface area (Å²) in [6, 6.07) is 17.8. The van der Waals surface area contributed by atoms with E-state index in [-0.39, 0.29) is 18.0 Å². The Kier molecular flexibility index (Phi) is 7.74. The molecule has 32 heavy (non-hydrogen) atoms. The second-order valence-corrected chi connectivity index (χ2v) is 8.52. The second-order valence-electron chi connectivity index (χ2n) is 8.52. The Morgan fingerprint density at radius 2 is 1.84 bits per heavy atom. The third-order valence-corrected chi connectivity index (χ3v) is 5.94. The number of morpholine rings is 1. The largest absolute Gasteiger partial charge is 0.374 e. The van der Waals surface area contributed by atoms with Gasteiger partial charge in [0.05, 0.1) is 12.7 Å². The number of carbonyl (C=O) groups is 2. The smallest absolute Gasteiger partial charge is 0.319 e. The average molecular weight is 437 g/mol. The minimum absolute atomic E-state index is 0.0327. The Hall–Kier alpha value is -2.90. The molecule has 2 heterocycles. The summed E-state index contributed by atoms with van der Waals surface area (Å²) in [6.45, 7) is 5.08. The van der Waals surface area contributed by atoms with E-state index in [1.165, 1.54) is 5.56 Å². The van der Waals surface area contributed by atoms with Gasteiger partial charge in [-0.25, -0.2) is 4.79 Å². The van der Waals surface area contributed by atoms with E-state index >= 15 is 0 Å². The van der Waals surface area contributed by atoms with Crippen LogP contribution < -0.4 is 10.6 Å². The number of nitrogens with one attached hydrogen (secondary N) is 2. The van der Waals surface area contributed by atoms with Crippen LogP contribution in [0.15, 0.2) is 54.6 Å². The Morgan fingerprint density at radius 3 is 2.69 bits per heavy atom. The summed E-state index contributed by atoms with van der Waals surface area (Å²) < 4.78 is 5.84. The molecule has 2 aromatic rings. The molecule has 2 saturated heterocycles. The molecule has 0 spiro atoms. The predicted octanol–water partition coefficient (Wildman–Crippen LogP) is 3.22. The summed E-state index contributed by atoms with van der Waals surface area (Å²) in [5.74, 6) is 0.209. The molecule has 2 fully saturated rings. The van der Waals surface area contributed by atoms with Crippen LogP contribution >= 0.6 is 0 Å². The first-order valence-corrected chi connectivity index (χ1v) is 11.5.